The molecule has 4 rings (SSSR count). The molecule has 0 aliphatic carbocycles. The van der Waals surface area contributed by atoms with Gasteiger partial charge in [0.1, 0.15) is 12.6 Å². The van der Waals surface area contributed by atoms with Crippen molar-refractivity contribution in [3.05, 3.63) is 35.0 Å². The zero-order valence-electron chi connectivity index (χ0n) is 15.4. The minimum atomic E-state index is -0.295. The second kappa shape index (κ2) is 8.93. The number of nitrogens with zero attached hydrogens (tertiary/aromatic N) is 5. The summed E-state index contributed by atoms with van der Waals surface area (Å²) >= 11 is 1.73. The molecule has 10 heteroatoms. The largest absolute Gasteiger partial charge is 0.396 e. The first-order valence-corrected chi connectivity index (χ1v) is 10.2. The van der Waals surface area contributed by atoms with Crippen LogP contribution in [-0.4, -0.2) is 73.6 Å². The van der Waals surface area contributed by atoms with Crippen LogP contribution in [0, 0.1) is 0 Å². The number of imidazole rings is 1. The van der Waals surface area contributed by atoms with E-state index in [4.69, 9.17) is 9.84 Å². The van der Waals surface area contributed by atoms with Crippen LogP contribution < -0.4 is 5.32 Å². The maximum absolute atomic E-state index is 9.70. The molecule has 0 saturated carbocycles. The Morgan fingerprint density at radius 2 is 2.18 bits per heavy atom. The number of aliphatic hydroxyl groups is 2. The molecule has 4 heterocycles. The normalized spacial score (nSPS) is 20.6. The van der Waals surface area contributed by atoms with Crippen LogP contribution in [0.3, 0.4) is 0 Å². The summed E-state index contributed by atoms with van der Waals surface area (Å²) in [5, 5.41) is 23.9. The van der Waals surface area contributed by atoms with Crippen LogP contribution in [0.5, 0.6) is 0 Å². The summed E-state index contributed by atoms with van der Waals surface area (Å²) in [4.78, 5) is 16.7. The van der Waals surface area contributed by atoms with Gasteiger partial charge in [0.15, 0.2) is 17.0 Å². The third-order valence-corrected chi connectivity index (χ3v) is 5.55. The number of nitrogens with one attached hydrogen (secondary N) is 1. The predicted octanol–water partition coefficient (Wildman–Crippen LogP) is 1.07. The molecule has 3 N–H and O–H groups in total. The Morgan fingerprint density at radius 1 is 1.25 bits per heavy atom. The van der Waals surface area contributed by atoms with E-state index in [2.05, 4.69) is 36.6 Å². The quantitative estimate of drug-likeness (QED) is 0.479. The smallest absolute Gasteiger partial charge is 0.167 e. The fourth-order valence-electron chi connectivity index (χ4n) is 3.38. The summed E-state index contributed by atoms with van der Waals surface area (Å²) < 4.78 is 8.00. The Labute approximate surface area is 166 Å². The average Bonchev–Trinajstić information content (AvgIpc) is 3.38. The zero-order valence-corrected chi connectivity index (χ0v) is 16.3. The van der Waals surface area contributed by atoms with E-state index >= 15 is 0 Å². The second-order valence-electron chi connectivity index (χ2n) is 6.72. The Kier molecular flexibility index (Phi) is 6.13. The second-order valence-corrected chi connectivity index (χ2v) is 7.75. The van der Waals surface area contributed by atoms with Crippen molar-refractivity contribution in [3.8, 4) is 0 Å². The van der Waals surface area contributed by atoms with Gasteiger partial charge in [-0.3, -0.25) is 9.47 Å². The van der Waals surface area contributed by atoms with Crippen LogP contribution in [0.15, 0.2) is 30.2 Å². The molecule has 1 aliphatic rings. The number of thiophene rings is 1. The number of morpholine rings is 1. The first kappa shape index (κ1) is 19.2. The minimum absolute atomic E-state index is 0.0347. The summed E-state index contributed by atoms with van der Waals surface area (Å²) in [7, 11) is 0. The lowest BCUT2D eigenvalue weighted by molar-refractivity contribution is -0.135. The van der Waals surface area contributed by atoms with E-state index in [0.29, 0.717) is 43.0 Å². The Morgan fingerprint density at radius 3 is 2.96 bits per heavy atom. The van der Waals surface area contributed by atoms with E-state index in [1.807, 2.05) is 10.6 Å². The van der Waals surface area contributed by atoms with Crippen molar-refractivity contribution in [2.45, 2.75) is 25.3 Å². The highest BCUT2D eigenvalue weighted by Gasteiger charge is 2.30. The van der Waals surface area contributed by atoms with Gasteiger partial charge in [-0.05, 0) is 17.9 Å². The molecule has 2 atom stereocenters. The lowest BCUT2D eigenvalue weighted by Gasteiger charge is -2.37. The molecule has 3 aromatic heterocycles. The van der Waals surface area contributed by atoms with Gasteiger partial charge in [0, 0.05) is 37.7 Å². The van der Waals surface area contributed by atoms with Gasteiger partial charge in [-0.15, -0.1) is 11.3 Å². The molecule has 1 fully saturated rings. The third kappa shape index (κ3) is 4.15. The van der Waals surface area contributed by atoms with Gasteiger partial charge in [0.05, 0.1) is 19.0 Å². The zero-order chi connectivity index (χ0) is 19.3. The molecule has 1 saturated heterocycles. The summed E-state index contributed by atoms with van der Waals surface area (Å²) in [6.45, 7) is 2.87. The first-order chi connectivity index (χ1) is 13.8. The SMILES string of the molecule is OCCCNc1ncnc2c1ncn2[C@H]1CN(Cc2cccs2)C[C@@H](CO)O1. The van der Waals surface area contributed by atoms with E-state index in [1.165, 1.54) is 11.2 Å². The number of rotatable bonds is 8. The topological polar surface area (TPSA) is 109 Å². The minimum Gasteiger partial charge on any atom is -0.396 e. The van der Waals surface area contributed by atoms with Gasteiger partial charge < -0.3 is 20.3 Å². The molecule has 28 heavy (non-hydrogen) atoms. The number of ether oxygens (including phenoxy) is 1. The van der Waals surface area contributed by atoms with Crippen LogP contribution >= 0.6 is 11.3 Å². The van der Waals surface area contributed by atoms with E-state index < -0.39 is 0 Å². The van der Waals surface area contributed by atoms with E-state index in [0.717, 1.165) is 6.54 Å². The first-order valence-electron chi connectivity index (χ1n) is 9.31. The van der Waals surface area contributed by atoms with Crippen molar-refractivity contribution in [2.24, 2.45) is 0 Å². The molecule has 0 aromatic carbocycles. The van der Waals surface area contributed by atoms with Crippen LogP contribution in [-0.2, 0) is 11.3 Å². The van der Waals surface area contributed by atoms with E-state index in [9.17, 15) is 5.11 Å². The van der Waals surface area contributed by atoms with E-state index in [1.54, 1.807) is 17.7 Å². The van der Waals surface area contributed by atoms with Crippen molar-refractivity contribution in [1.29, 1.82) is 0 Å². The highest BCUT2D eigenvalue weighted by Crippen LogP contribution is 2.27. The maximum atomic E-state index is 9.70. The molecular weight excluding hydrogens is 380 g/mol. The fourth-order valence-corrected chi connectivity index (χ4v) is 4.12. The maximum Gasteiger partial charge on any atom is 0.167 e. The fraction of sp³-hybridized carbons (Fsp3) is 0.500. The molecule has 0 radical (unpaired) electrons. The van der Waals surface area contributed by atoms with Crippen LogP contribution in [0.1, 0.15) is 17.5 Å². The van der Waals surface area contributed by atoms with Crippen molar-refractivity contribution < 1.29 is 14.9 Å². The summed E-state index contributed by atoms with van der Waals surface area (Å²) in [6.07, 6.45) is 3.28. The molecule has 9 nitrogen and oxygen atoms in total. The number of fused-ring (bicyclic) bond motifs is 1. The van der Waals surface area contributed by atoms with Gasteiger partial charge in [0.2, 0.25) is 0 Å². The molecule has 1 aliphatic heterocycles. The van der Waals surface area contributed by atoms with Crippen molar-refractivity contribution in [1.82, 2.24) is 24.4 Å². The Bertz CT molecular complexity index is 887. The van der Waals surface area contributed by atoms with Crippen molar-refractivity contribution >= 4 is 28.3 Å². The van der Waals surface area contributed by atoms with Crippen molar-refractivity contribution in [2.75, 3.05) is 38.2 Å². The standard InChI is InChI=1S/C18H24N6O3S/c25-5-2-4-19-17-16-18(21-11-20-17)24(12-22-16)15-9-23(7-13(10-26)27-15)8-14-3-1-6-28-14/h1,3,6,11-13,15,25-26H,2,4-5,7-10H2,(H,19,20,21)/t13-,15+/m0/s1. The van der Waals surface area contributed by atoms with Gasteiger partial charge >= 0.3 is 0 Å². The highest BCUT2D eigenvalue weighted by atomic mass is 32.1. The van der Waals surface area contributed by atoms with Gasteiger partial charge in [-0.2, -0.15) is 0 Å². The van der Waals surface area contributed by atoms with Gasteiger partial charge in [-0.1, -0.05) is 6.07 Å². The predicted molar refractivity (Wildman–Crippen MR) is 106 cm³/mol. The summed E-state index contributed by atoms with van der Waals surface area (Å²) in [5.74, 6) is 0.641. The molecular formula is C18H24N6O3S. The van der Waals surface area contributed by atoms with Gasteiger partial charge in [-0.25, -0.2) is 15.0 Å². The monoisotopic (exact) mass is 404 g/mol. The lowest BCUT2D eigenvalue weighted by atomic mass is 10.2. The van der Waals surface area contributed by atoms with Crippen molar-refractivity contribution in [3.63, 3.8) is 0 Å². The highest BCUT2D eigenvalue weighted by molar-refractivity contribution is 7.09. The number of aromatic nitrogens is 4. The third-order valence-electron chi connectivity index (χ3n) is 4.69. The molecule has 150 valence electrons. The van der Waals surface area contributed by atoms with Crippen LogP contribution in [0.4, 0.5) is 5.82 Å². The molecule has 0 bridgehead atoms. The molecule has 0 amide bonds. The Balaban J connectivity index is 1.56. The van der Waals surface area contributed by atoms with E-state index in [-0.39, 0.29) is 25.5 Å². The van der Waals surface area contributed by atoms with Gasteiger partial charge in [0.25, 0.3) is 0 Å². The number of hydrogen-bond donors (Lipinski definition) is 3. The van der Waals surface area contributed by atoms with Crippen LogP contribution in [0.25, 0.3) is 11.2 Å². The molecule has 3 aromatic rings. The number of aliphatic hydroxyl groups excluding tert-OH is 2. The molecule has 0 unspecified atom stereocenters. The Hall–Kier alpha value is -2.11. The summed E-state index contributed by atoms with van der Waals surface area (Å²) in [6, 6.07) is 4.17. The number of hydrogen-bond acceptors (Lipinski definition) is 9. The summed E-state index contributed by atoms with van der Waals surface area (Å²) in [5.41, 5.74) is 1.35. The van der Waals surface area contributed by atoms with Crippen LogP contribution in [0.2, 0.25) is 0 Å². The lowest BCUT2D eigenvalue weighted by Crippen LogP contribution is -2.46. The molecule has 0 spiro atoms. The number of anilines is 1. The average molecular weight is 404 g/mol.